The second-order valence-corrected chi connectivity index (χ2v) is 10.0. The molecular weight excluding hydrogens is 486 g/mol. The van der Waals surface area contributed by atoms with Crippen molar-refractivity contribution in [1.82, 2.24) is 0 Å². The van der Waals surface area contributed by atoms with Crippen LogP contribution < -0.4 is 4.31 Å². The summed E-state index contributed by atoms with van der Waals surface area (Å²) < 4.78 is 33.7. The van der Waals surface area contributed by atoms with Crippen molar-refractivity contribution in [3.63, 3.8) is 0 Å². The second kappa shape index (κ2) is 7.51. The molecule has 4 rings (SSSR count). The molecule has 28 heavy (non-hydrogen) atoms. The van der Waals surface area contributed by atoms with Gasteiger partial charge in [0, 0.05) is 14.9 Å². The van der Waals surface area contributed by atoms with Crippen LogP contribution in [0.3, 0.4) is 0 Å². The van der Waals surface area contributed by atoms with Crippen LogP contribution in [-0.2, 0) is 21.3 Å². The second-order valence-electron chi connectivity index (χ2n) is 5.99. The van der Waals surface area contributed by atoms with E-state index in [1.807, 2.05) is 12.1 Å². The van der Waals surface area contributed by atoms with Crippen molar-refractivity contribution >= 4 is 60.5 Å². The van der Waals surface area contributed by atoms with Crippen LogP contribution in [0.1, 0.15) is 15.2 Å². The largest absolute Gasteiger partial charge is 0.445 e. The first-order chi connectivity index (χ1) is 13.4. The standard InChI is InChI=1S/C19H13BrClNO4S2/c20-13-5-7-14(8-6-13)28(24,25)22-10-12-9-17(19(23)26-11-21)27-18(12)15-3-1-2-4-16(15)22/h1-9H,10-11H2. The van der Waals surface area contributed by atoms with Gasteiger partial charge in [-0.15, -0.1) is 11.3 Å². The van der Waals surface area contributed by atoms with Crippen LogP contribution in [0.4, 0.5) is 5.69 Å². The van der Waals surface area contributed by atoms with Gasteiger partial charge in [-0.3, -0.25) is 4.31 Å². The fourth-order valence-electron chi connectivity index (χ4n) is 3.07. The Balaban J connectivity index is 1.82. The molecule has 0 atom stereocenters. The maximum atomic E-state index is 13.3. The minimum Gasteiger partial charge on any atom is -0.445 e. The molecule has 0 spiro atoms. The Morgan fingerprint density at radius 1 is 1.18 bits per heavy atom. The third kappa shape index (κ3) is 3.34. The van der Waals surface area contributed by atoms with E-state index < -0.39 is 16.0 Å². The fraction of sp³-hybridized carbons (Fsp3) is 0.105. The molecule has 0 radical (unpaired) electrons. The Hall–Kier alpha value is -1.87. The Bertz CT molecular complexity index is 1160. The number of alkyl halides is 1. The van der Waals surface area contributed by atoms with E-state index in [2.05, 4.69) is 15.9 Å². The highest BCUT2D eigenvalue weighted by Crippen LogP contribution is 2.45. The predicted octanol–water partition coefficient (Wildman–Crippen LogP) is 5.24. The summed E-state index contributed by atoms with van der Waals surface area (Å²) in [6, 6.07) is 15.2. The van der Waals surface area contributed by atoms with E-state index in [1.165, 1.54) is 15.6 Å². The summed E-state index contributed by atoms with van der Waals surface area (Å²) >= 11 is 10.1. The Labute approximate surface area is 179 Å². The van der Waals surface area contributed by atoms with E-state index in [9.17, 15) is 13.2 Å². The summed E-state index contributed by atoms with van der Waals surface area (Å²) in [5, 5.41) is 0. The van der Waals surface area contributed by atoms with Crippen molar-refractivity contribution in [2.24, 2.45) is 0 Å². The van der Waals surface area contributed by atoms with Gasteiger partial charge in [0.1, 0.15) is 4.88 Å². The number of rotatable bonds is 4. The van der Waals surface area contributed by atoms with E-state index >= 15 is 0 Å². The van der Waals surface area contributed by atoms with Crippen molar-refractivity contribution < 1.29 is 17.9 Å². The number of thiophene rings is 1. The third-order valence-electron chi connectivity index (χ3n) is 4.33. The van der Waals surface area contributed by atoms with Crippen molar-refractivity contribution in [3.05, 3.63) is 69.5 Å². The summed E-state index contributed by atoms with van der Waals surface area (Å²) in [5.74, 6) is -0.519. The van der Waals surface area contributed by atoms with E-state index in [1.54, 1.807) is 42.5 Å². The van der Waals surface area contributed by atoms with E-state index in [0.717, 1.165) is 20.5 Å². The molecular formula is C19H13BrClNO4S2. The van der Waals surface area contributed by atoms with Crippen molar-refractivity contribution in [2.45, 2.75) is 11.4 Å². The number of hydrogen-bond donors (Lipinski definition) is 0. The first-order valence-corrected chi connectivity index (χ1v) is 11.7. The smallest absolute Gasteiger partial charge is 0.349 e. The van der Waals surface area contributed by atoms with Crippen molar-refractivity contribution in [2.75, 3.05) is 10.4 Å². The van der Waals surface area contributed by atoms with Crippen molar-refractivity contribution in [3.8, 4) is 10.4 Å². The number of carbonyl (C=O) groups is 1. The van der Waals surface area contributed by atoms with Crippen LogP contribution in [0, 0.1) is 0 Å². The van der Waals surface area contributed by atoms with Crippen LogP contribution in [0.15, 0.2) is 64.0 Å². The summed E-state index contributed by atoms with van der Waals surface area (Å²) in [4.78, 5) is 13.5. The van der Waals surface area contributed by atoms with E-state index in [-0.39, 0.29) is 17.5 Å². The molecule has 0 unspecified atom stereocenters. The molecule has 0 bridgehead atoms. The number of anilines is 1. The Kier molecular flexibility index (Phi) is 5.22. The molecule has 0 amide bonds. The SMILES string of the molecule is O=C(OCCl)c1cc2c(s1)-c1ccccc1N(S(=O)(=O)c1ccc(Br)cc1)C2. The molecule has 0 fully saturated rings. The maximum Gasteiger partial charge on any atom is 0.349 e. The quantitative estimate of drug-likeness (QED) is 0.364. The molecule has 144 valence electrons. The molecule has 9 heteroatoms. The number of para-hydroxylation sites is 1. The number of ether oxygens (including phenoxy) is 1. The molecule has 1 aliphatic rings. The van der Waals surface area contributed by atoms with Gasteiger partial charge < -0.3 is 4.74 Å². The number of sulfonamides is 1. The molecule has 2 heterocycles. The summed E-state index contributed by atoms with van der Waals surface area (Å²) in [6.45, 7) is 0.134. The van der Waals surface area contributed by atoms with Gasteiger partial charge in [0.05, 0.1) is 17.1 Å². The highest BCUT2D eigenvalue weighted by molar-refractivity contribution is 9.10. The van der Waals surface area contributed by atoms with Crippen LogP contribution in [0.2, 0.25) is 0 Å². The molecule has 3 aromatic rings. The monoisotopic (exact) mass is 497 g/mol. The zero-order valence-corrected chi connectivity index (χ0v) is 18.2. The van der Waals surface area contributed by atoms with Gasteiger partial charge in [0.15, 0.2) is 6.07 Å². The number of carbonyl (C=O) groups excluding carboxylic acids is 1. The average Bonchev–Trinajstić information content (AvgIpc) is 3.12. The highest BCUT2D eigenvalue weighted by Gasteiger charge is 2.33. The summed E-state index contributed by atoms with van der Waals surface area (Å²) in [6.07, 6.45) is 0. The van der Waals surface area contributed by atoms with Gasteiger partial charge in [-0.1, -0.05) is 45.7 Å². The van der Waals surface area contributed by atoms with Gasteiger partial charge >= 0.3 is 5.97 Å². The van der Waals surface area contributed by atoms with Crippen molar-refractivity contribution in [1.29, 1.82) is 0 Å². The van der Waals surface area contributed by atoms with Gasteiger partial charge in [-0.2, -0.15) is 0 Å². The lowest BCUT2D eigenvalue weighted by molar-refractivity contribution is 0.0579. The lowest BCUT2D eigenvalue weighted by atomic mass is 10.0. The molecule has 0 saturated carbocycles. The summed E-state index contributed by atoms with van der Waals surface area (Å²) in [7, 11) is -3.78. The van der Waals surface area contributed by atoms with Crippen LogP contribution >= 0.6 is 38.9 Å². The highest BCUT2D eigenvalue weighted by atomic mass is 79.9. The number of esters is 1. The minimum atomic E-state index is -3.78. The van der Waals surface area contributed by atoms with Crippen LogP contribution in [0.25, 0.3) is 10.4 Å². The number of fused-ring (bicyclic) bond motifs is 3. The lowest BCUT2D eigenvalue weighted by Gasteiger charge is -2.30. The van der Waals surface area contributed by atoms with Crippen LogP contribution in [0.5, 0.6) is 0 Å². The number of benzene rings is 2. The normalized spacial score (nSPS) is 13.0. The first-order valence-electron chi connectivity index (χ1n) is 8.15. The van der Waals surface area contributed by atoms with Gasteiger partial charge in [0.2, 0.25) is 0 Å². The molecule has 2 aromatic carbocycles. The number of hydrogen-bond acceptors (Lipinski definition) is 5. The lowest BCUT2D eigenvalue weighted by Crippen LogP contribution is -2.32. The molecule has 1 aliphatic heterocycles. The molecule has 1 aromatic heterocycles. The van der Waals surface area contributed by atoms with Gasteiger partial charge in [-0.25, -0.2) is 13.2 Å². The zero-order chi connectivity index (χ0) is 19.9. The van der Waals surface area contributed by atoms with E-state index in [0.29, 0.717) is 10.6 Å². The average molecular weight is 499 g/mol. The first kappa shape index (κ1) is 19.4. The fourth-order valence-corrected chi connectivity index (χ4v) is 5.99. The summed E-state index contributed by atoms with van der Waals surface area (Å²) in [5.41, 5.74) is 2.10. The van der Waals surface area contributed by atoms with Gasteiger partial charge in [0.25, 0.3) is 10.0 Å². The molecule has 0 N–H and O–H groups in total. The maximum absolute atomic E-state index is 13.3. The zero-order valence-electron chi connectivity index (χ0n) is 14.3. The predicted molar refractivity (Wildman–Crippen MR) is 113 cm³/mol. The molecule has 5 nitrogen and oxygen atoms in total. The Morgan fingerprint density at radius 2 is 1.89 bits per heavy atom. The molecule has 0 saturated heterocycles. The van der Waals surface area contributed by atoms with E-state index in [4.69, 9.17) is 16.3 Å². The van der Waals surface area contributed by atoms with Crippen LogP contribution in [-0.4, -0.2) is 20.5 Å². The number of halogens is 2. The third-order valence-corrected chi connectivity index (χ3v) is 7.93. The molecule has 0 aliphatic carbocycles. The Morgan fingerprint density at radius 3 is 2.61 bits per heavy atom. The minimum absolute atomic E-state index is 0.134. The topological polar surface area (TPSA) is 63.7 Å². The van der Waals surface area contributed by atoms with Gasteiger partial charge in [-0.05, 0) is 42.0 Å². The number of nitrogens with zero attached hydrogens (tertiary/aromatic N) is 1.